The van der Waals surface area contributed by atoms with Gasteiger partial charge in [0.15, 0.2) is 11.5 Å². The Hall–Kier alpha value is -3.18. The minimum Gasteiger partial charge on any atom is -0.495 e. The number of carbonyl (C=O) groups excluding carboxylic acids is 1. The monoisotopic (exact) mass is 490 g/mol. The lowest BCUT2D eigenvalue weighted by atomic mass is 10.2. The average Bonchev–Trinajstić information content (AvgIpc) is 2.85. The Balaban J connectivity index is 1.36. The molecule has 1 N–H and O–H groups in total. The Morgan fingerprint density at radius 3 is 2.21 bits per heavy atom. The van der Waals surface area contributed by atoms with Gasteiger partial charge in [0.25, 0.3) is 10.0 Å². The zero-order chi connectivity index (χ0) is 24.3. The van der Waals surface area contributed by atoms with Crippen LogP contribution in [-0.2, 0) is 10.0 Å². The third-order valence-corrected chi connectivity index (χ3v) is 7.98. The molecule has 11 heteroatoms. The molecule has 184 valence electrons. The molecule has 0 spiro atoms. The van der Waals surface area contributed by atoms with Crippen LogP contribution in [0.5, 0.6) is 17.2 Å². The molecule has 2 amide bonds. The van der Waals surface area contributed by atoms with Crippen molar-refractivity contribution in [3.8, 4) is 17.2 Å². The molecule has 4 rings (SSSR count). The van der Waals surface area contributed by atoms with Gasteiger partial charge in [0.1, 0.15) is 10.6 Å². The van der Waals surface area contributed by atoms with Gasteiger partial charge in [0.2, 0.25) is 0 Å². The number of urea groups is 1. The van der Waals surface area contributed by atoms with Crippen LogP contribution in [0.4, 0.5) is 16.2 Å². The number of methoxy groups -OCH3 is 3. The summed E-state index contributed by atoms with van der Waals surface area (Å²) < 4.78 is 43.1. The number of hydrogen-bond donors (Lipinski definition) is 1. The lowest BCUT2D eigenvalue weighted by molar-refractivity contribution is 0.225. The van der Waals surface area contributed by atoms with Crippen molar-refractivity contribution >= 4 is 27.4 Å². The highest BCUT2D eigenvalue weighted by atomic mass is 32.2. The second-order valence-electron chi connectivity index (χ2n) is 8.06. The third kappa shape index (κ3) is 4.58. The SMILES string of the molecule is COc1cc2c(cc1OC)S(=O)(=O)N(CCCN1CCN(c3ccccc3OC)CC1)C(=O)N2. The van der Waals surface area contributed by atoms with E-state index in [1.165, 1.54) is 26.4 Å². The van der Waals surface area contributed by atoms with Crippen molar-refractivity contribution in [1.82, 2.24) is 9.21 Å². The molecule has 0 saturated carbocycles. The molecule has 1 fully saturated rings. The molecule has 2 heterocycles. The second-order valence-corrected chi connectivity index (χ2v) is 9.90. The second kappa shape index (κ2) is 9.98. The van der Waals surface area contributed by atoms with Crippen LogP contribution in [0.2, 0.25) is 0 Å². The lowest BCUT2D eigenvalue weighted by Gasteiger charge is -2.37. The first-order chi connectivity index (χ1) is 16.4. The van der Waals surface area contributed by atoms with Gasteiger partial charge in [-0.25, -0.2) is 17.5 Å². The maximum atomic E-state index is 13.2. The van der Waals surface area contributed by atoms with Crippen molar-refractivity contribution in [2.45, 2.75) is 11.3 Å². The summed E-state index contributed by atoms with van der Waals surface area (Å²) in [5.74, 6) is 1.48. The van der Waals surface area contributed by atoms with Gasteiger partial charge >= 0.3 is 6.03 Å². The Bertz CT molecular complexity index is 1150. The van der Waals surface area contributed by atoms with Crippen molar-refractivity contribution in [2.75, 3.05) is 70.8 Å². The van der Waals surface area contributed by atoms with Crippen LogP contribution in [0, 0.1) is 0 Å². The first-order valence-corrected chi connectivity index (χ1v) is 12.5. The summed E-state index contributed by atoms with van der Waals surface area (Å²) in [6.45, 7) is 4.16. The number of para-hydroxylation sites is 2. The minimum atomic E-state index is -4.00. The first kappa shape index (κ1) is 24.0. The maximum Gasteiger partial charge on any atom is 0.335 e. The number of nitrogens with one attached hydrogen (secondary N) is 1. The number of piperazine rings is 1. The minimum absolute atomic E-state index is 0.00447. The van der Waals surface area contributed by atoms with Crippen molar-refractivity contribution in [3.63, 3.8) is 0 Å². The normalized spacial score (nSPS) is 17.7. The fourth-order valence-corrected chi connectivity index (χ4v) is 5.85. The molecular formula is C23H30N4O6S. The van der Waals surface area contributed by atoms with E-state index >= 15 is 0 Å². The van der Waals surface area contributed by atoms with Crippen LogP contribution >= 0.6 is 0 Å². The zero-order valence-electron chi connectivity index (χ0n) is 19.6. The van der Waals surface area contributed by atoms with E-state index in [4.69, 9.17) is 14.2 Å². The Morgan fingerprint density at radius 2 is 1.53 bits per heavy atom. The molecule has 2 aliphatic heterocycles. The summed E-state index contributed by atoms with van der Waals surface area (Å²) in [4.78, 5) is 17.2. The Labute approximate surface area is 200 Å². The van der Waals surface area contributed by atoms with Crippen LogP contribution in [0.1, 0.15) is 6.42 Å². The number of amides is 2. The number of fused-ring (bicyclic) bond motifs is 1. The molecule has 2 aromatic rings. The quantitative estimate of drug-likeness (QED) is 0.602. The van der Waals surface area contributed by atoms with Gasteiger partial charge in [-0.2, -0.15) is 0 Å². The van der Waals surface area contributed by atoms with E-state index in [1.807, 2.05) is 18.2 Å². The number of carbonyl (C=O) groups is 1. The van der Waals surface area contributed by atoms with Crippen molar-refractivity contribution in [3.05, 3.63) is 36.4 Å². The van der Waals surface area contributed by atoms with Gasteiger partial charge < -0.3 is 24.4 Å². The highest BCUT2D eigenvalue weighted by molar-refractivity contribution is 7.90. The average molecular weight is 491 g/mol. The smallest absolute Gasteiger partial charge is 0.335 e. The summed E-state index contributed by atoms with van der Waals surface area (Å²) in [5, 5.41) is 2.65. The molecule has 10 nitrogen and oxygen atoms in total. The highest BCUT2D eigenvalue weighted by Gasteiger charge is 2.37. The molecule has 1 saturated heterocycles. The highest BCUT2D eigenvalue weighted by Crippen LogP contribution is 2.39. The number of hydrogen-bond acceptors (Lipinski definition) is 8. The fraction of sp³-hybridized carbons (Fsp3) is 0.435. The van der Waals surface area contributed by atoms with Gasteiger partial charge in [-0.3, -0.25) is 4.90 Å². The molecule has 2 aromatic carbocycles. The van der Waals surface area contributed by atoms with Gasteiger partial charge in [-0.1, -0.05) is 12.1 Å². The molecular weight excluding hydrogens is 460 g/mol. The largest absolute Gasteiger partial charge is 0.495 e. The van der Waals surface area contributed by atoms with E-state index in [0.29, 0.717) is 18.7 Å². The van der Waals surface area contributed by atoms with Crippen molar-refractivity contribution in [2.24, 2.45) is 0 Å². The lowest BCUT2D eigenvalue weighted by Crippen LogP contribution is -2.48. The van der Waals surface area contributed by atoms with Crippen LogP contribution in [0.25, 0.3) is 0 Å². The Morgan fingerprint density at radius 1 is 0.882 bits per heavy atom. The van der Waals surface area contributed by atoms with Crippen LogP contribution in [0.15, 0.2) is 41.3 Å². The predicted octanol–water partition coefficient (Wildman–Crippen LogP) is 2.46. The number of anilines is 2. The predicted molar refractivity (Wildman–Crippen MR) is 129 cm³/mol. The van der Waals surface area contributed by atoms with E-state index in [9.17, 15) is 13.2 Å². The molecule has 0 bridgehead atoms. The number of ether oxygens (including phenoxy) is 3. The Kier molecular flexibility index (Phi) is 7.03. The topological polar surface area (TPSA) is 101 Å². The molecule has 0 unspecified atom stereocenters. The van der Waals surface area contributed by atoms with E-state index in [-0.39, 0.29) is 22.9 Å². The summed E-state index contributed by atoms with van der Waals surface area (Å²) >= 11 is 0. The number of benzene rings is 2. The van der Waals surface area contributed by atoms with E-state index in [2.05, 4.69) is 21.2 Å². The van der Waals surface area contributed by atoms with Gasteiger partial charge in [0, 0.05) is 51.4 Å². The van der Waals surface area contributed by atoms with Gasteiger partial charge in [-0.15, -0.1) is 0 Å². The van der Waals surface area contributed by atoms with Gasteiger partial charge in [0.05, 0.1) is 32.7 Å². The van der Waals surface area contributed by atoms with Crippen LogP contribution in [-0.4, -0.2) is 84.3 Å². The summed E-state index contributed by atoms with van der Waals surface area (Å²) in [6, 6.07) is 10.1. The van der Waals surface area contributed by atoms with Crippen molar-refractivity contribution < 1.29 is 27.4 Å². The van der Waals surface area contributed by atoms with Crippen LogP contribution in [0.3, 0.4) is 0 Å². The van der Waals surface area contributed by atoms with Crippen LogP contribution < -0.4 is 24.4 Å². The molecule has 0 aliphatic carbocycles. The molecule has 0 aromatic heterocycles. The molecule has 34 heavy (non-hydrogen) atoms. The molecule has 0 radical (unpaired) electrons. The number of rotatable bonds is 8. The molecule has 0 atom stereocenters. The summed E-state index contributed by atoms with van der Waals surface area (Å²) in [7, 11) is 0.556. The summed E-state index contributed by atoms with van der Waals surface area (Å²) in [6.07, 6.45) is 0.532. The third-order valence-electron chi connectivity index (χ3n) is 6.16. The maximum absolute atomic E-state index is 13.2. The molecule has 2 aliphatic rings. The summed E-state index contributed by atoms with van der Waals surface area (Å²) in [5.41, 5.74) is 1.26. The van der Waals surface area contributed by atoms with E-state index in [0.717, 1.165) is 41.9 Å². The van der Waals surface area contributed by atoms with E-state index < -0.39 is 16.1 Å². The zero-order valence-corrected chi connectivity index (χ0v) is 20.4. The van der Waals surface area contributed by atoms with E-state index in [1.54, 1.807) is 7.11 Å². The van der Waals surface area contributed by atoms with Crippen molar-refractivity contribution in [1.29, 1.82) is 0 Å². The standard InChI is InChI=1S/C23H30N4O6S/c1-31-19-8-5-4-7-18(19)26-13-11-25(12-14-26)9-6-10-27-23(28)24-17-15-20(32-2)21(33-3)16-22(17)34(27,29)30/h4-5,7-8,15-16H,6,9-14H2,1-3H3,(H,24,28). The first-order valence-electron chi connectivity index (χ1n) is 11.1. The van der Waals surface area contributed by atoms with Gasteiger partial charge in [-0.05, 0) is 18.6 Å². The number of nitrogens with zero attached hydrogens (tertiary/aromatic N) is 3. The number of sulfonamides is 1. The fourth-order valence-electron chi connectivity index (χ4n) is 4.34.